The highest BCUT2D eigenvalue weighted by Gasteiger charge is 2.16. The smallest absolute Gasteiger partial charge is 0.281 e. The number of aromatic nitrogens is 2. The monoisotopic (exact) mass is 371 g/mol. The SMILES string of the molecule is O=c1c2ccccc2nc2n1NC(c1ccc(Br)cc1)=CS2. The van der Waals surface area contributed by atoms with Gasteiger partial charge in [0.2, 0.25) is 0 Å². The van der Waals surface area contributed by atoms with Crippen molar-refractivity contribution in [1.29, 1.82) is 0 Å². The van der Waals surface area contributed by atoms with Crippen molar-refractivity contribution in [3.63, 3.8) is 0 Å². The summed E-state index contributed by atoms with van der Waals surface area (Å²) in [5.41, 5.74) is 5.68. The third-order valence-electron chi connectivity index (χ3n) is 3.41. The lowest BCUT2D eigenvalue weighted by Gasteiger charge is -2.20. The van der Waals surface area contributed by atoms with Crippen LogP contribution < -0.4 is 11.0 Å². The molecule has 4 nitrogen and oxygen atoms in total. The van der Waals surface area contributed by atoms with Crippen LogP contribution in [0.5, 0.6) is 0 Å². The minimum atomic E-state index is -0.0872. The van der Waals surface area contributed by atoms with E-state index in [4.69, 9.17) is 0 Å². The predicted molar refractivity (Wildman–Crippen MR) is 93.3 cm³/mol. The van der Waals surface area contributed by atoms with Crippen LogP contribution in [0, 0.1) is 0 Å². The number of hydrogen-bond donors (Lipinski definition) is 1. The molecule has 1 aliphatic rings. The second-order valence-corrected chi connectivity index (χ2v) is 6.57. The van der Waals surface area contributed by atoms with Crippen molar-refractivity contribution in [3.8, 4) is 0 Å². The van der Waals surface area contributed by atoms with Gasteiger partial charge >= 0.3 is 0 Å². The summed E-state index contributed by atoms with van der Waals surface area (Å²) in [7, 11) is 0. The molecule has 108 valence electrons. The van der Waals surface area contributed by atoms with E-state index in [1.54, 1.807) is 6.07 Å². The number of benzene rings is 2. The molecule has 1 aliphatic heterocycles. The van der Waals surface area contributed by atoms with E-state index in [9.17, 15) is 4.79 Å². The number of fused-ring (bicyclic) bond motifs is 2. The van der Waals surface area contributed by atoms with Crippen molar-refractivity contribution < 1.29 is 0 Å². The Morgan fingerprint density at radius 3 is 2.68 bits per heavy atom. The molecule has 4 rings (SSSR count). The van der Waals surface area contributed by atoms with Gasteiger partial charge in [-0.1, -0.05) is 52.0 Å². The van der Waals surface area contributed by atoms with Crippen molar-refractivity contribution in [1.82, 2.24) is 9.66 Å². The highest BCUT2D eigenvalue weighted by atomic mass is 79.9. The summed E-state index contributed by atoms with van der Waals surface area (Å²) in [5.74, 6) is 0. The fourth-order valence-corrected chi connectivity index (χ4v) is 3.37. The van der Waals surface area contributed by atoms with Crippen molar-refractivity contribution in [2.75, 3.05) is 5.43 Å². The molecule has 6 heteroatoms. The zero-order chi connectivity index (χ0) is 15.1. The summed E-state index contributed by atoms with van der Waals surface area (Å²) in [4.78, 5) is 17.1. The van der Waals surface area contributed by atoms with E-state index in [0.29, 0.717) is 16.1 Å². The van der Waals surface area contributed by atoms with Crippen LogP contribution in [0.15, 0.2) is 68.4 Å². The molecule has 2 aromatic carbocycles. The molecule has 0 aliphatic carbocycles. The zero-order valence-corrected chi connectivity index (χ0v) is 13.7. The van der Waals surface area contributed by atoms with Crippen LogP contribution >= 0.6 is 27.7 Å². The average Bonchev–Trinajstić information content (AvgIpc) is 2.56. The number of nitrogens with zero attached hydrogens (tertiary/aromatic N) is 2. The van der Waals surface area contributed by atoms with Gasteiger partial charge in [-0.25, -0.2) is 4.98 Å². The van der Waals surface area contributed by atoms with Crippen LogP contribution in [-0.4, -0.2) is 9.66 Å². The molecule has 0 saturated heterocycles. The predicted octanol–water partition coefficient (Wildman–Crippen LogP) is 3.81. The third kappa shape index (κ3) is 2.24. The van der Waals surface area contributed by atoms with Crippen LogP contribution in [0.1, 0.15) is 5.56 Å². The second kappa shape index (κ2) is 5.30. The van der Waals surface area contributed by atoms with E-state index < -0.39 is 0 Å². The standard InChI is InChI=1S/C16H10BrN3OS/c17-11-7-5-10(6-8-11)14-9-22-16-18-13-4-2-1-3-12(13)15(21)20(16)19-14/h1-9,19H. The van der Waals surface area contributed by atoms with Crippen LogP contribution in [-0.2, 0) is 0 Å². The van der Waals surface area contributed by atoms with E-state index in [-0.39, 0.29) is 5.56 Å². The molecule has 1 aromatic heterocycles. The van der Waals surface area contributed by atoms with Crippen LogP contribution in [0.2, 0.25) is 0 Å². The first kappa shape index (κ1) is 13.6. The number of nitrogens with one attached hydrogen (secondary N) is 1. The molecule has 2 heterocycles. The van der Waals surface area contributed by atoms with Gasteiger partial charge in [0.05, 0.1) is 16.6 Å². The van der Waals surface area contributed by atoms with Crippen LogP contribution in [0.3, 0.4) is 0 Å². The first-order valence-corrected chi connectivity index (χ1v) is 8.31. The lowest BCUT2D eigenvalue weighted by atomic mass is 10.2. The maximum Gasteiger partial charge on any atom is 0.281 e. The third-order valence-corrected chi connectivity index (χ3v) is 4.78. The quantitative estimate of drug-likeness (QED) is 0.660. The van der Waals surface area contributed by atoms with Gasteiger partial charge < -0.3 is 0 Å². The Morgan fingerprint density at radius 2 is 1.86 bits per heavy atom. The van der Waals surface area contributed by atoms with Gasteiger partial charge in [0.1, 0.15) is 0 Å². The van der Waals surface area contributed by atoms with E-state index in [1.165, 1.54) is 16.4 Å². The summed E-state index contributed by atoms with van der Waals surface area (Å²) in [6.07, 6.45) is 0. The molecule has 0 spiro atoms. The number of hydrogen-bond acceptors (Lipinski definition) is 4. The molecule has 22 heavy (non-hydrogen) atoms. The Bertz CT molecular complexity index is 963. The topological polar surface area (TPSA) is 46.9 Å². The fraction of sp³-hybridized carbons (Fsp3) is 0. The normalized spacial score (nSPS) is 13.4. The van der Waals surface area contributed by atoms with E-state index in [1.807, 2.05) is 47.9 Å². The van der Waals surface area contributed by atoms with Gasteiger partial charge in [-0.2, -0.15) is 4.68 Å². The molecule has 0 bridgehead atoms. The van der Waals surface area contributed by atoms with Crippen molar-refractivity contribution >= 4 is 44.3 Å². The first-order valence-electron chi connectivity index (χ1n) is 6.64. The molecule has 3 aromatic rings. The Morgan fingerprint density at radius 1 is 1.09 bits per heavy atom. The van der Waals surface area contributed by atoms with E-state index in [2.05, 4.69) is 26.3 Å². The molecule has 0 fully saturated rings. The zero-order valence-electron chi connectivity index (χ0n) is 11.3. The fourth-order valence-electron chi connectivity index (χ4n) is 2.31. The van der Waals surface area contributed by atoms with E-state index >= 15 is 0 Å². The highest BCUT2D eigenvalue weighted by molar-refractivity contribution is 9.10. The van der Waals surface area contributed by atoms with Crippen LogP contribution in [0.25, 0.3) is 16.6 Å². The van der Waals surface area contributed by atoms with Gasteiger partial charge in [0.25, 0.3) is 5.56 Å². The molecule has 0 amide bonds. The lowest BCUT2D eigenvalue weighted by Crippen LogP contribution is -2.32. The number of halogens is 1. The van der Waals surface area contributed by atoms with Gasteiger partial charge in [-0.15, -0.1) is 0 Å². The summed E-state index contributed by atoms with van der Waals surface area (Å²) in [6.45, 7) is 0. The molecule has 0 unspecified atom stereocenters. The van der Waals surface area contributed by atoms with Gasteiger partial charge in [-0.05, 0) is 24.3 Å². The lowest BCUT2D eigenvalue weighted by molar-refractivity contribution is 0.757. The molecule has 0 radical (unpaired) electrons. The molecular weight excluding hydrogens is 362 g/mol. The molecule has 0 saturated carbocycles. The van der Waals surface area contributed by atoms with Crippen molar-refractivity contribution in [2.45, 2.75) is 5.16 Å². The maximum atomic E-state index is 12.6. The van der Waals surface area contributed by atoms with Gasteiger partial charge in [-0.3, -0.25) is 10.2 Å². The minimum absolute atomic E-state index is 0.0872. The highest BCUT2D eigenvalue weighted by Crippen LogP contribution is 2.28. The summed E-state index contributed by atoms with van der Waals surface area (Å²) < 4.78 is 2.52. The number of para-hydroxylation sites is 1. The van der Waals surface area contributed by atoms with Gasteiger partial charge in [0, 0.05) is 15.4 Å². The van der Waals surface area contributed by atoms with Crippen LogP contribution in [0.4, 0.5) is 0 Å². The minimum Gasteiger partial charge on any atom is -0.288 e. The molecular formula is C16H10BrN3OS. The Hall–Kier alpha value is -2.05. The molecule has 1 N–H and O–H groups in total. The number of thioether (sulfide) groups is 1. The Kier molecular flexibility index (Phi) is 3.28. The summed E-state index contributed by atoms with van der Waals surface area (Å²) >= 11 is 4.86. The summed E-state index contributed by atoms with van der Waals surface area (Å²) in [5, 5.41) is 3.22. The largest absolute Gasteiger partial charge is 0.288 e. The van der Waals surface area contributed by atoms with E-state index in [0.717, 1.165) is 15.7 Å². The van der Waals surface area contributed by atoms with Crippen molar-refractivity contribution in [3.05, 3.63) is 74.3 Å². The summed E-state index contributed by atoms with van der Waals surface area (Å²) in [6, 6.07) is 15.3. The Balaban J connectivity index is 1.82. The Labute approximate surface area is 139 Å². The molecule has 0 atom stereocenters. The van der Waals surface area contributed by atoms with Crippen molar-refractivity contribution in [2.24, 2.45) is 0 Å². The average molecular weight is 372 g/mol. The maximum absolute atomic E-state index is 12.6. The first-order chi connectivity index (χ1) is 10.7. The second-order valence-electron chi connectivity index (χ2n) is 4.82. The van der Waals surface area contributed by atoms with Gasteiger partial charge in [0.15, 0.2) is 5.16 Å². The number of rotatable bonds is 1.